The van der Waals surface area contributed by atoms with Gasteiger partial charge < -0.3 is 4.74 Å². The molecule has 0 unspecified atom stereocenters. The number of nitrogens with zero attached hydrogens (tertiary/aromatic N) is 2. The highest BCUT2D eigenvalue weighted by Crippen LogP contribution is 2.21. The van der Waals surface area contributed by atoms with E-state index in [4.69, 9.17) is 4.74 Å². The van der Waals surface area contributed by atoms with Crippen molar-refractivity contribution in [2.24, 2.45) is 0 Å². The van der Waals surface area contributed by atoms with Gasteiger partial charge in [-0.25, -0.2) is 4.98 Å². The van der Waals surface area contributed by atoms with Gasteiger partial charge in [0.1, 0.15) is 0 Å². The minimum atomic E-state index is -0.0876. The fourth-order valence-electron chi connectivity index (χ4n) is 1.28. The summed E-state index contributed by atoms with van der Waals surface area (Å²) < 4.78 is 5.42. The number of hydrogen-bond donors (Lipinski definition) is 1. The first kappa shape index (κ1) is 10.4. The smallest absolute Gasteiger partial charge is 0.240 e. The van der Waals surface area contributed by atoms with Crippen molar-refractivity contribution < 1.29 is 9.53 Å². The van der Waals surface area contributed by atoms with Crippen molar-refractivity contribution in [3.63, 3.8) is 0 Å². The molecule has 0 aromatic carbocycles. The van der Waals surface area contributed by atoms with Gasteiger partial charge in [0, 0.05) is 18.0 Å². The molecule has 0 aliphatic rings. The maximum atomic E-state index is 11.3. The molecule has 2 rings (SSSR count). The average molecular weight is 217 g/mol. The monoisotopic (exact) mass is 217 g/mol. The Labute approximate surface area is 92.5 Å². The summed E-state index contributed by atoms with van der Waals surface area (Å²) in [6.07, 6.45) is 1.57. The Morgan fingerprint density at radius 1 is 1.50 bits per heavy atom. The zero-order valence-corrected chi connectivity index (χ0v) is 9.02. The molecule has 0 atom stereocenters. The Balaban J connectivity index is 2.31. The van der Waals surface area contributed by atoms with Gasteiger partial charge in [-0.1, -0.05) is 0 Å². The van der Waals surface area contributed by atoms with E-state index in [-0.39, 0.29) is 11.7 Å². The number of nitrogens with one attached hydrogen (secondary N) is 1. The van der Waals surface area contributed by atoms with E-state index in [2.05, 4.69) is 15.2 Å². The summed E-state index contributed by atoms with van der Waals surface area (Å²) in [7, 11) is 0. The number of ether oxygens (including phenoxy) is 1. The fraction of sp³-hybridized carbons (Fsp3) is 0.182. The molecule has 2 aromatic heterocycles. The van der Waals surface area contributed by atoms with Crippen molar-refractivity contribution >= 4 is 5.78 Å². The lowest BCUT2D eigenvalue weighted by Crippen LogP contribution is -1.98. The van der Waals surface area contributed by atoms with Crippen LogP contribution >= 0.6 is 0 Å². The number of carbonyl (C=O) groups is 1. The second-order valence-corrected chi connectivity index (χ2v) is 3.40. The predicted molar refractivity (Wildman–Crippen MR) is 57.6 cm³/mol. The summed E-state index contributed by atoms with van der Waals surface area (Å²) in [5, 5.41) is 6.66. The maximum absolute atomic E-state index is 11.3. The molecule has 0 radical (unpaired) electrons. The Morgan fingerprint density at radius 3 is 2.94 bits per heavy atom. The molecule has 0 saturated carbocycles. The number of H-pyrrole nitrogens is 1. The number of ketones is 1. The molecular weight excluding hydrogens is 206 g/mol. The van der Waals surface area contributed by atoms with Gasteiger partial charge in [-0.15, -0.1) is 5.10 Å². The van der Waals surface area contributed by atoms with E-state index in [1.807, 2.05) is 6.92 Å². The molecular formula is C11H11N3O2. The Hall–Kier alpha value is -2.17. The van der Waals surface area contributed by atoms with Crippen LogP contribution in [0.4, 0.5) is 0 Å². The van der Waals surface area contributed by atoms with Crippen LogP contribution in [0.5, 0.6) is 11.8 Å². The molecule has 1 N–H and O–H groups in total. The van der Waals surface area contributed by atoms with E-state index < -0.39 is 0 Å². The number of aromatic nitrogens is 3. The van der Waals surface area contributed by atoms with E-state index in [1.165, 1.54) is 6.92 Å². The van der Waals surface area contributed by atoms with Crippen molar-refractivity contribution in [2.45, 2.75) is 13.8 Å². The van der Waals surface area contributed by atoms with Gasteiger partial charge in [-0.2, -0.15) is 0 Å². The molecule has 2 aromatic rings. The van der Waals surface area contributed by atoms with E-state index in [1.54, 1.807) is 24.4 Å². The quantitative estimate of drug-likeness (QED) is 0.799. The number of hydrogen-bond acceptors (Lipinski definition) is 4. The van der Waals surface area contributed by atoms with Gasteiger partial charge in [-0.05, 0) is 26.0 Å². The number of rotatable bonds is 3. The number of carbonyl (C=O) groups excluding carboxylic acids is 1. The van der Waals surface area contributed by atoms with Gasteiger partial charge in [0.05, 0.1) is 5.56 Å². The molecule has 0 aliphatic heterocycles. The van der Waals surface area contributed by atoms with Crippen LogP contribution in [0.2, 0.25) is 0 Å². The molecule has 2 heterocycles. The third-order valence-electron chi connectivity index (χ3n) is 2.03. The highest BCUT2D eigenvalue weighted by molar-refractivity contribution is 5.96. The number of aromatic amines is 1. The van der Waals surface area contributed by atoms with Crippen LogP contribution < -0.4 is 4.74 Å². The summed E-state index contributed by atoms with van der Waals surface area (Å²) >= 11 is 0. The highest BCUT2D eigenvalue weighted by Gasteiger charge is 2.11. The molecule has 5 nitrogen and oxygen atoms in total. The molecule has 16 heavy (non-hydrogen) atoms. The van der Waals surface area contributed by atoms with Crippen LogP contribution in [0.3, 0.4) is 0 Å². The van der Waals surface area contributed by atoms with E-state index in [0.717, 1.165) is 5.69 Å². The first-order valence-electron chi connectivity index (χ1n) is 4.82. The molecule has 0 bridgehead atoms. The molecule has 82 valence electrons. The van der Waals surface area contributed by atoms with Gasteiger partial charge >= 0.3 is 0 Å². The van der Waals surface area contributed by atoms with Crippen LogP contribution in [0.1, 0.15) is 23.0 Å². The zero-order chi connectivity index (χ0) is 11.5. The minimum Gasteiger partial charge on any atom is -0.418 e. The van der Waals surface area contributed by atoms with E-state index in [0.29, 0.717) is 11.4 Å². The number of pyridine rings is 1. The van der Waals surface area contributed by atoms with Gasteiger partial charge in [0.25, 0.3) is 0 Å². The lowest BCUT2D eigenvalue weighted by molar-refractivity contribution is 0.101. The van der Waals surface area contributed by atoms with E-state index in [9.17, 15) is 4.79 Å². The summed E-state index contributed by atoms with van der Waals surface area (Å²) in [4.78, 5) is 15.3. The van der Waals surface area contributed by atoms with Crippen molar-refractivity contribution in [3.8, 4) is 11.8 Å². The SMILES string of the molecule is CC(=O)c1cccnc1Oc1cc(C)[nH]n1. The average Bonchev–Trinajstić information content (AvgIpc) is 2.64. The third-order valence-corrected chi connectivity index (χ3v) is 2.03. The van der Waals surface area contributed by atoms with Crippen LogP contribution in [0.15, 0.2) is 24.4 Å². The van der Waals surface area contributed by atoms with Crippen LogP contribution in [-0.4, -0.2) is 21.0 Å². The topological polar surface area (TPSA) is 67.9 Å². The second-order valence-electron chi connectivity index (χ2n) is 3.40. The lowest BCUT2D eigenvalue weighted by Gasteiger charge is -2.04. The van der Waals surface area contributed by atoms with Crippen molar-refractivity contribution in [1.29, 1.82) is 0 Å². The second kappa shape index (κ2) is 4.14. The van der Waals surface area contributed by atoms with Gasteiger partial charge in [0.15, 0.2) is 5.78 Å². The summed E-state index contributed by atoms with van der Waals surface area (Å²) in [6.45, 7) is 3.34. The minimum absolute atomic E-state index is 0.0876. The number of Topliss-reactive ketones (excluding diaryl/α,β-unsaturated/α-hetero) is 1. The lowest BCUT2D eigenvalue weighted by atomic mass is 10.2. The molecule has 0 saturated heterocycles. The van der Waals surface area contributed by atoms with Gasteiger partial charge in [0.2, 0.25) is 11.8 Å². The normalized spacial score (nSPS) is 10.1. The van der Waals surface area contributed by atoms with Crippen LogP contribution in [0, 0.1) is 6.92 Å². The first-order valence-corrected chi connectivity index (χ1v) is 4.82. The Kier molecular flexibility index (Phi) is 2.68. The van der Waals surface area contributed by atoms with Crippen molar-refractivity contribution in [3.05, 3.63) is 35.7 Å². The standard InChI is InChI=1S/C11H11N3O2/c1-7-6-10(14-13-7)16-11-9(8(2)15)4-3-5-12-11/h3-6H,1-2H3,(H,13,14). The first-order chi connectivity index (χ1) is 7.66. The Morgan fingerprint density at radius 2 is 2.31 bits per heavy atom. The highest BCUT2D eigenvalue weighted by atomic mass is 16.5. The van der Waals surface area contributed by atoms with E-state index >= 15 is 0 Å². The summed E-state index contributed by atoms with van der Waals surface area (Å²) in [6, 6.07) is 5.10. The fourth-order valence-corrected chi connectivity index (χ4v) is 1.28. The van der Waals surface area contributed by atoms with Crippen molar-refractivity contribution in [2.75, 3.05) is 0 Å². The molecule has 0 amide bonds. The molecule has 0 spiro atoms. The molecule has 0 fully saturated rings. The molecule has 0 aliphatic carbocycles. The summed E-state index contributed by atoms with van der Waals surface area (Å²) in [5.74, 6) is 0.593. The van der Waals surface area contributed by atoms with Gasteiger partial charge in [-0.3, -0.25) is 9.89 Å². The maximum Gasteiger partial charge on any atom is 0.240 e. The largest absolute Gasteiger partial charge is 0.418 e. The summed E-state index contributed by atoms with van der Waals surface area (Å²) in [5.41, 5.74) is 1.33. The van der Waals surface area contributed by atoms with Crippen LogP contribution in [0.25, 0.3) is 0 Å². The predicted octanol–water partition coefficient (Wildman–Crippen LogP) is 2.11. The van der Waals surface area contributed by atoms with Crippen LogP contribution in [-0.2, 0) is 0 Å². The zero-order valence-electron chi connectivity index (χ0n) is 9.02. The number of aryl methyl sites for hydroxylation is 1. The third kappa shape index (κ3) is 2.08. The Bertz CT molecular complexity index is 519. The molecule has 5 heteroatoms. The van der Waals surface area contributed by atoms with Crippen molar-refractivity contribution in [1.82, 2.24) is 15.2 Å².